The molecule has 0 atom stereocenters. The van der Waals surface area contributed by atoms with E-state index in [4.69, 9.17) is 9.47 Å². The Kier molecular flexibility index (Phi) is 4.43. The maximum atomic E-state index is 12.2. The van der Waals surface area contributed by atoms with Crippen LogP contribution >= 0.6 is 11.8 Å². The lowest BCUT2D eigenvalue weighted by molar-refractivity contribution is -0.113. The van der Waals surface area contributed by atoms with Gasteiger partial charge < -0.3 is 19.4 Å². The van der Waals surface area contributed by atoms with E-state index in [-0.39, 0.29) is 24.2 Å². The number of Topliss-reactive ketones (excluding diaryl/α,β-unsaturated/α-hetero) is 1. The van der Waals surface area contributed by atoms with Crippen LogP contribution in [0.25, 0.3) is 0 Å². The summed E-state index contributed by atoms with van der Waals surface area (Å²) in [6.07, 6.45) is 0. The zero-order valence-corrected chi connectivity index (χ0v) is 14.3. The fourth-order valence-corrected chi connectivity index (χ4v) is 2.92. The number of fused-ring (bicyclic) bond motifs is 1. The van der Waals surface area contributed by atoms with Gasteiger partial charge in [-0.25, -0.2) is 0 Å². The summed E-state index contributed by atoms with van der Waals surface area (Å²) in [5.41, 5.74) is 0.790. The summed E-state index contributed by atoms with van der Waals surface area (Å²) in [6.45, 7) is 3.37. The van der Waals surface area contributed by atoms with Crippen LogP contribution in [0.4, 0.5) is 5.69 Å². The Hall–Kier alpha value is -2.55. The lowest BCUT2D eigenvalue weighted by atomic mass is 10.1. The molecule has 0 saturated carbocycles. The van der Waals surface area contributed by atoms with E-state index in [0.717, 1.165) is 5.82 Å². The molecule has 1 aliphatic rings. The topological polar surface area (TPSA) is 95.3 Å². The van der Waals surface area contributed by atoms with Gasteiger partial charge in [-0.2, -0.15) is 0 Å². The minimum Gasteiger partial charge on any atom is -0.454 e. The molecular formula is C15H16N4O4S. The third kappa shape index (κ3) is 3.21. The van der Waals surface area contributed by atoms with Gasteiger partial charge in [-0.3, -0.25) is 9.59 Å². The van der Waals surface area contributed by atoms with Crippen LogP contribution in [0.15, 0.2) is 17.3 Å². The fourth-order valence-electron chi connectivity index (χ4n) is 2.17. The van der Waals surface area contributed by atoms with Gasteiger partial charge >= 0.3 is 0 Å². The van der Waals surface area contributed by atoms with E-state index >= 15 is 0 Å². The van der Waals surface area contributed by atoms with E-state index in [2.05, 4.69) is 15.5 Å². The summed E-state index contributed by atoms with van der Waals surface area (Å²) in [5.74, 6) is 1.52. The number of hydrogen-bond acceptors (Lipinski definition) is 7. The van der Waals surface area contributed by atoms with Crippen LogP contribution < -0.4 is 14.8 Å². The van der Waals surface area contributed by atoms with Crippen LogP contribution in [0.2, 0.25) is 0 Å². The van der Waals surface area contributed by atoms with E-state index in [1.807, 2.05) is 14.0 Å². The maximum Gasteiger partial charge on any atom is 0.234 e. The summed E-state index contributed by atoms with van der Waals surface area (Å²) in [5, 5.41) is 11.3. The molecule has 0 bridgehead atoms. The Morgan fingerprint density at radius 3 is 2.62 bits per heavy atom. The number of thioether (sulfide) groups is 1. The van der Waals surface area contributed by atoms with Crippen molar-refractivity contribution >= 4 is 29.1 Å². The third-order valence-corrected chi connectivity index (χ3v) is 4.57. The van der Waals surface area contributed by atoms with E-state index in [1.54, 1.807) is 16.7 Å². The van der Waals surface area contributed by atoms with Gasteiger partial charge in [-0.05, 0) is 19.9 Å². The molecule has 1 aliphatic heterocycles. The number of aromatic nitrogens is 3. The van der Waals surface area contributed by atoms with Crippen LogP contribution in [0.1, 0.15) is 23.1 Å². The van der Waals surface area contributed by atoms with Crippen molar-refractivity contribution in [3.63, 3.8) is 0 Å². The fraction of sp³-hybridized carbons (Fsp3) is 0.333. The van der Waals surface area contributed by atoms with Crippen molar-refractivity contribution in [3.8, 4) is 11.5 Å². The summed E-state index contributed by atoms with van der Waals surface area (Å²) in [4.78, 5) is 24.0. The predicted molar refractivity (Wildman–Crippen MR) is 87.7 cm³/mol. The SMILES string of the molecule is CC(=O)c1cc2c(cc1NC(=O)CSc1nnc(C)n1C)OCO2. The largest absolute Gasteiger partial charge is 0.454 e. The van der Waals surface area contributed by atoms with E-state index in [1.165, 1.54) is 18.7 Å². The maximum absolute atomic E-state index is 12.2. The molecule has 9 heteroatoms. The van der Waals surface area contributed by atoms with Crippen LogP contribution in [0.3, 0.4) is 0 Å². The monoisotopic (exact) mass is 348 g/mol. The first-order chi connectivity index (χ1) is 11.5. The standard InChI is InChI=1S/C15H16N4O4S/c1-8(20)10-4-12-13(23-7-22-12)5-11(10)16-14(21)6-24-15-18-17-9(2)19(15)3/h4-5H,6-7H2,1-3H3,(H,16,21). The van der Waals surface area contributed by atoms with E-state index < -0.39 is 0 Å². The molecule has 126 valence electrons. The van der Waals surface area contributed by atoms with E-state index in [0.29, 0.717) is 27.9 Å². The normalized spacial score (nSPS) is 12.3. The Labute approximate surface area is 142 Å². The molecule has 0 spiro atoms. The first-order valence-electron chi connectivity index (χ1n) is 7.19. The lowest BCUT2D eigenvalue weighted by Gasteiger charge is -2.10. The highest BCUT2D eigenvalue weighted by molar-refractivity contribution is 7.99. The number of amides is 1. The number of benzene rings is 1. The van der Waals surface area contributed by atoms with Crippen molar-refractivity contribution in [2.75, 3.05) is 17.9 Å². The van der Waals surface area contributed by atoms with Gasteiger partial charge in [0.05, 0.1) is 11.4 Å². The molecular weight excluding hydrogens is 332 g/mol. The number of aryl methyl sites for hydroxylation is 1. The lowest BCUT2D eigenvalue weighted by Crippen LogP contribution is -2.16. The first kappa shape index (κ1) is 16.3. The molecule has 3 rings (SSSR count). The van der Waals surface area contributed by atoms with Crippen LogP contribution in [0.5, 0.6) is 11.5 Å². The van der Waals surface area contributed by atoms with Crippen molar-refractivity contribution in [2.45, 2.75) is 19.0 Å². The Morgan fingerprint density at radius 1 is 1.29 bits per heavy atom. The molecule has 1 aromatic carbocycles. The molecule has 0 saturated heterocycles. The molecule has 0 radical (unpaired) electrons. The van der Waals surface area contributed by atoms with Gasteiger partial charge in [-0.15, -0.1) is 10.2 Å². The van der Waals surface area contributed by atoms with Crippen LogP contribution in [-0.4, -0.2) is 39.0 Å². The second-order valence-electron chi connectivity index (χ2n) is 5.23. The average Bonchev–Trinajstić information content (AvgIpc) is 3.12. The van der Waals surface area contributed by atoms with Crippen molar-refractivity contribution in [3.05, 3.63) is 23.5 Å². The molecule has 2 heterocycles. The van der Waals surface area contributed by atoms with Crippen molar-refractivity contribution in [1.29, 1.82) is 0 Å². The number of carbonyl (C=O) groups excluding carboxylic acids is 2. The smallest absolute Gasteiger partial charge is 0.234 e. The minimum absolute atomic E-state index is 0.103. The van der Waals surface area contributed by atoms with Crippen LogP contribution in [0, 0.1) is 6.92 Å². The number of ether oxygens (including phenoxy) is 2. The highest BCUT2D eigenvalue weighted by Gasteiger charge is 2.20. The van der Waals surface area contributed by atoms with Gasteiger partial charge in [-0.1, -0.05) is 11.8 Å². The quantitative estimate of drug-likeness (QED) is 0.650. The number of nitrogens with one attached hydrogen (secondary N) is 1. The highest BCUT2D eigenvalue weighted by atomic mass is 32.2. The second kappa shape index (κ2) is 6.52. The zero-order chi connectivity index (χ0) is 17.3. The first-order valence-corrected chi connectivity index (χ1v) is 8.17. The molecule has 1 aromatic heterocycles. The molecule has 2 aromatic rings. The van der Waals surface area contributed by atoms with Gasteiger partial charge in [0.1, 0.15) is 5.82 Å². The Balaban J connectivity index is 1.72. The van der Waals surface area contributed by atoms with Crippen molar-refractivity contribution in [1.82, 2.24) is 14.8 Å². The van der Waals surface area contributed by atoms with E-state index in [9.17, 15) is 9.59 Å². The number of anilines is 1. The van der Waals surface area contributed by atoms with Gasteiger partial charge in [0, 0.05) is 18.7 Å². The summed E-state index contributed by atoms with van der Waals surface area (Å²) in [7, 11) is 1.83. The number of hydrogen-bond donors (Lipinski definition) is 1. The Bertz CT molecular complexity index is 818. The number of carbonyl (C=O) groups is 2. The van der Waals surface area contributed by atoms with Gasteiger partial charge in [0.2, 0.25) is 12.7 Å². The highest BCUT2D eigenvalue weighted by Crippen LogP contribution is 2.37. The molecule has 1 amide bonds. The minimum atomic E-state index is -0.248. The predicted octanol–water partition coefficient (Wildman–Crippen LogP) is 1.79. The molecule has 0 unspecified atom stereocenters. The molecule has 8 nitrogen and oxygen atoms in total. The van der Waals surface area contributed by atoms with Gasteiger partial charge in [0.25, 0.3) is 0 Å². The zero-order valence-electron chi connectivity index (χ0n) is 13.5. The summed E-state index contributed by atoms with van der Waals surface area (Å²) in [6, 6.07) is 3.19. The number of rotatable bonds is 5. The molecule has 0 aliphatic carbocycles. The third-order valence-electron chi connectivity index (χ3n) is 3.55. The van der Waals surface area contributed by atoms with Crippen LogP contribution in [-0.2, 0) is 11.8 Å². The summed E-state index contributed by atoms with van der Waals surface area (Å²) >= 11 is 1.27. The summed E-state index contributed by atoms with van der Waals surface area (Å²) < 4.78 is 12.4. The second-order valence-corrected chi connectivity index (χ2v) is 6.18. The van der Waals surface area contributed by atoms with Gasteiger partial charge in [0.15, 0.2) is 22.4 Å². The van der Waals surface area contributed by atoms with Crippen molar-refractivity contribution in [2.24, 2.45) is 7.05 Å². The molecule has 24 heavy (non-hydrogen) atoms. The molecule has 0 fully saturated rings. The number of ketones is 1. The average molecular weight is 348 g/mol. The Morgan fingerprint density at radius 2 is 2.00 bits per heavy atom. The number of nitrogens with zero attached hydrogens (tertiary/aromatic N) is 3. The molecule has 1 N–H and O–H groups in total. The van der Waals surface area contributed by atoms with Crippen molar-refractivity contribution < 1.29 is 19.1 Å².